The van der Waals surface area contributed by atoms with Crippen molar-refractivity contribution in [2.75, 3.05) is 6.26 Å². The number of nitrogens with zero attached hydrogens (tertiary/aromatic N) is 3. The van der Waals surface area contributed by atoms with Crippen molar-refractivity contribution in [3.05, 3.63) is 78.4 Å². The highest BCUT2D eigenvalue weighted by Gasteiger charge is 2.53. The minimum atomic E-state index is -3.53. The number of amides is 1. The number of piperidine rings is 2. The van der Waals surface area contributed by atoms with Gasteiger partial charge < -0.3 is 4.90 Å². The van der Waals surface area contributed by atoms with Gasteiger partial charge in [0.15, 0.2) is 0 Å². The first kappa shape index (κ1) is 23.7. The molecule has 2 bridgehead atoms. The number of fused-ring (bicyclic) bond motifs is 2. The van der Waals surface area contributed by atoms with E-state index in [1.54, 1.807) is 47.1 Å². The van der Waals surface area contributed by atoms with E-state index in [9.17, 15) is 13.2 Å². The number of nitrogens with one attached hydrogen (secondary N) is 1. The molecule has 7 nitrogen and oxygen atoms in total. The first-order valence-electron chi connectivity index (χ1n) is 11.8. The number of benzene rings is 2. The van der Waals surface area contributed by atoms with Gasteiger partial charge in [0.2, 0.25) is 15.9 Å². The van der Waals surface area contributed by atoms with E-state index in [4.69, 9.17) is 0 Å². The predicted octanol–water partition coefficient (Wildman–Crippen LogP) is 3.40. The lowest BCUT2D eigenvalue weighted by Crippen LogP contribution is -2.71. The maximum absolute atomic E-state index is 15.7. The molecule has 2 aromatic carbocycles. The number of aromatic nitrogens is 2. The zero-order valence-corrected chi connectivity index (χ0v) is 20.5. The summed E-state index contributed by atoms with van der Waals surface area (Å²) in [5, 5.41) is 4.21. The number of halogens is 1. The molecule has 1 aromatic heterocycles. The van der Waals surface area contributed by atoms with Gasteiger partial charge in [-0.25, -0.2) is 17.5 Å². The van der Waals surface area contributed by atoms with Gasteiger partial charge in [0.1, 0.15) is 11.9 Å². The molecule has 3 aliphatic rings. The van der Waals surface area contributed by atoms with Gasteiger partial charge in [-0.15, -0.1) is 0 Å². The van der Waals surface area contributed by atoms with Gasteiger partial charge in [-0.05, 0) is 49.3 Å². The maximum atomic E-state index is 15.7. The first-order chi connectivity index (χ1) is 16.7. The number of hydrogen-bond acceptors (Lipinski definition) is 4. The summed E-state index contributed by atoms with van der Waals surface area (Å²) in [7, 11) is -3.53. The van der Waals surface area contributed by atoms with E-state index < -0.39 is 28.1 Å². The van der Waals surface area contributed by atoms with Gasteiger partial charge in [0.25, 0.3) is 0 Å². The van der Waals surface area contributed by atoms with Crippen molar-refractivity contribution < 1.29 is 17.6 Å². The molecule has 184 valence electrons. The molecule has 0 radical (unpaired) electrons. The molecular weight excluding hydrogens is 467 g/mol. The molecular formula is C26H29FN4O3S. The van der Waals surface area contributed by atoms with Crippen LogP contribution < -0.4 is 4.72 Å². The van der Waals surface area contributed by atoms with Gasteiger partial charge in [-0.2, -0.15) is 5.10 Å². The lowest BCUT2D eigenvalue weighted by molar-refractivity contribution is -0.152. The number of carbonyl (C=O) groups excluding carboxylic acids is 1. The number of carbonyl (C=O) groups is 1. The third kappa shape index (κ3) is 4.62. The highest BCUT2D eigenvalue weighted by molar-refractivity contribution is 7.88. The molecule has 6 rings (SSSR count). The first-order valence-corrected chi connectivity index (χ1v) is 13.7. The third-order valence-corrected chi connectivity index (χ3v) is 8.00. The number of sulfonamides is 1. The Balaban J connectivity index is 1.52. The highest BCUT2D eigenvalue weighted by atomic mass is 32.2. The normalized spacial score (nSPS) is 24.6. The number of rotatable bonds is 7. The molecule has 1 aliphatic carbocycles. The molecule has 9 heteroatoms. The van der Waals surface area contributed by atoms with Gasteiger partial charge in [-0.1, -0.05) is 48.5 Å². The second kappa shape index (κ2) is 9.20. The average molecular weight is 497 g/mol. The molecule has 2 aliphatic heterocycles. The SMILES string of the molecule is CC(C(=O)N1C2CC(C2)[C@H](NS(C)(=O)=O)[C@@H]1Cc1cccc(-c2ccccc2)c1F)n1cccn1. The standard InChI is InChI=1S/C26H29FN4O3S/c1-17(30-13-7-12-28-30)26(32)31-21-14-20(15-21)25(29-35(2,33)34)23(31)16-19-10-6-11-22(24(19)27)18-8-4-3-5-9-18/h3-13,17,20-21,23,25,29H,14-16H2,1-2H3/t17?,20?,21?,23-,25-/m0/s1. The van der Waals surface area contributed by atoms with Crippen molar-refractivity contribution in [1.29, 1.82) is 0 Å². The molecule has 1 unspecified atom stereocenters. The van der Waals surface area contributed by atoms with E-state index in [1.165, 1.54) is 0 Å². The smallest absolute Gasteiger partial charge is 0.247 e. The highest BCUT2D eigenvalue weighted by Crippen LogP contribution is 2.45. The van der Waals surface area contributed by atoms with E-state index in [0.717, 1.165) is 24.7 Å². The van der Waals surface area contributed by atoms with Crippen LogP contribution in [-0.4, -0.2) is 53.4 Å². The molecule has 3 heterocycles. The Kier molecular flexibility index (Phi) is 6.23. The van der Waals surface area contributed by atoms with Crippen LogP contribution in [0.3, 0.4) is 0 Å². The van der Waals surface area contributed by atoms with E-state index >= 15 is 4.39 Å². The summed E-state index contributed by atoms with van der Waals surface area (Å²) < 4.78 is 44.6. The Morgan fingerprint density at radius 1 is 1.14 bits per heavy atom. The second-order valence-corrected chi connectivity index (χ2v) is 11.4. The van der Waals surface area contributed by atoms with Crippen LogP contribution in [0.2, 0.25) is 0 Å². The van der Waals surface area contributed by atoms with Crippen LogP contribution in [0.15, 0.2) is 67.0 Å². The molecule has 3 aromatic rings. The molecule has 1 amide bonds. The van der Waals surface area contributed by atoms with Gasteiger partial charge in [0.05, 0.1) is 12.3 Å². The van der Waals surface area contributed by atoms with Crippen LogP contribution in [-0.2, 0) is 21.2 Å². The van der Waals surface area contributed by atoms with Crippen molar-refractivity contribution in [2.24, 2.45) is 5.92 Å². The van der Waals surface area contributed by atoms with Crippen LogP contribution >= 0.6 is 0 Å². The Labute approximate surface area is 205 Å². The van der Waals surface area contributed by atoms with Crippen molar-refractivity contribution in [3.63, 3.8) is 0 Å². The van der Waals surface area contributed by atoms with E-state index in [2.05, 4.69) is 9.82 Å². The molecule has 1 saturated carbocycles. The van der Waals surface area contributed by atoms with Crippen molar-refractivity contribution in [1.82, 2.24) is 19.4 Å². The summed E-state index contributed by atoms with van der Waals surface area (Å²) in [4.78, 5) is 15.5. The minimum absolute atomic E-state index is 0.00786. The van der Waals surface area contributed by atoms with Crippen molar-refractivity contribution >= 4 is 15.9 Å². The van der Waals surface area contributed by atoms with E-state index in [-0.39, 0.29) is 30.1 Å². The van der Waals surface area contributed by atoms with Crippen LogP contribution in [0.5, 0.6) is 0 Å². The maximum Gasteiger partial charge on any atom is 0.247 e. The summed E-state index contributed by atoms with van der Waals surface area (Å²) in [6, 6.07) is 14.8. The largest absolute Gasteiger partial charge is 0.333 e. The molecule has 0 spiro atoms. The van der Waals surface area contributed by atoms with Gasteiger partial charge in [-0.3, -0.25) is 9.48 Å². The monoisotopic (exact) mass is 496 g/mol. The van der Waals surface area contributed by atoms with Crippen LogP contribution in [0.25, 0.3) is 11.1 Å². The van der Waals surface area contributed by atoms with E-state index in [1.807, 2.05) is 36.4 Å². The fourth-order valence-electron chi connectivity index (χ4n) is 5.54. The van der Waals surface area contributed by atoms with Crippen LogP contribution in [0.1, 0.15) is 31.4 Å². The summed E-state index contributed by atoms with van der Waals surface area (Å²) in [5.41, 5.74) is 1.71. The second-order valence-electron chi connectivity index (χ2n) is 9.62. The summed E-state index contributed by atoms with van der Waals surface area (Å²) in [6.07, 6.45) is 6.16. The summed E-state index contributed by atoms with van der Waals surface area (Å²) >= 11 is 0. The molecule has 3 fully saturated rings. The summed E-state index contributed by atoms with van der Waals surface area (Å²) in [5.74, 6) is -0.366. The van der Waals surface area contributed by atoms with Crippen LogP contribution in [0.4, 0.5) is 4.39 Å². The lowest BCUT2D eigenvalue weighted by atomic mass is 9.66. The molecule has 1 N–H and O–H groups in total. The Hall–Kier alpha value is -3.04. The lowest BCUT2D eigenvalue weighted by Gasteiger charge is -2.58. The van der Waals surface area contributed by atoms with Crippen molar-refractivity contribution in [2.45, 2.75) is 50.4 Å². The average Bonchev–Trinajstić information content (AvgIpc) is 3.34. The molecule has 35 heavy (non-hydrogen) atoms. The van der Waals surface area contributed by atoms with Gasteiger partial charge >= 0.3 is 0 Å². The predicted molar refractivity (Wildman–Crippen MR) is 131 cm³/mol. The summed E-state index contributed by atoms with van der Waals surface area (Å²) in [6.45, 7) is 1.78. The van der Waals surface area contributed by atoms with Crippen LogP contribution in [0, 0.1) is 11.7 Å². The third-order valence-electron chi connectivity index (χ3n) is 7.30. The molecule has 3 atom stereocenters. The zero-order chi connectivity index (χ0) is 24.7. The number of hydrogen-bond donors (Lipinski definition) is 1. The fraction of sp³-hybridized carbons (Fsp3) is 0.385. The Morgan fingerprint density at radius 3 is 2.54 bits per heavy atom. The van der Waals surface area contributed by atoms with Crippen molar-refractivity contribution in [3.8, 4) is 11.1 Å². The Morgan fingerprint density at radius 2 is 1.89 bits per heavy atom. The topological polar surface area (TPSA) is 84.3 Å². The molecule has 2 saturated heterocycles. The fourth-order valence-corrected chi connectivity index (χ4v) is 6.38. The zero-order valence-electron chi connectivity index (χ0n) is 19.7. The van der Waals surface area contributed by atoms with Gasteiger partial charge in [0, 0.05) is 30.0 Å². The quantitative estimate of drug-likeness (QED) is 0.544. The Bertz CT molecular complexity index is 1310. The van der Waals surface area contributed by atoms with E-state index in [0.29, 0.717) is 11.1 Å². The minimum Gasteiger partial charge on any atom is -0.333 e.